The number of nitrogens with one attached hydrogen (secondary N) is 1. The highest BCUT2D eigenvalue weighted by atomic mass is 16.5. The fraction of sp³-hybridized carbons (Fsp3) is 0.333. The van der Waals surface area contributed by atoms with Gasteiger partial charge in [0, 0.05) is 27.3 Å². The lowest BCUT2D eigenvalue weighted by molar-refractivity contribution is 0.0822. The maximum atomic E-state index is 12.7. The fourth-order valence-electron chi connectivity index (χ4n) is 2.95. The molecule has 0 aliphatic carbocycles. The van der Waals surface area contributed by atoms with Crippen molar-refractivity contribution in [3.05, 3.63) is 58.7 Å². The van der Waals surface area contributed by atoms with Gasteiger partial charge < -0.3 is 15.0 Å². The molecule has 0 saturated carbocycles. The van der Waals surface area contributed by atoms with Crippen LogP contribution in [0.1, 0.15) is 37.8 Å². The summed E-state index contributed by atoms with van der Waals surface area (Å²) in [6.45, 7) is 5.96. The van der Waals surface area contributed by atoms with Crippen LogP contribution in [0.25, 0.3) is 0 Å². The molecule has 0 aliphatic heterocycles. The quantitative estimate of drug-likeness (QED) is 0.674. The van der Waals surface area contributed by atoms with Crippen LogP contribution in [0.5, 0.6) is 5.75 Å². The molecule has 0 aliphatic rings. The maximum absolute atomic E-state index is 12.7. The topological polar surface area (TPSA) is 94.3 Å². The van der Waals surface area contributed by atoms with E-state index in [9.17, 15) is 9.59 Å². The van der Waals surface area contributed by atoms with E-state index < -0.39 is 5.91 Å². The van der Waals surface area contributed by atoms with Gasteiger partial charge in [-0.05, 0) is 38.5 Å². The number of nitrogens with zero attached hydrogens (tertiary/aromatic N) is 5. The van der Waals surface area contributed by atoms with Crippen LogP contribution in [0.3, 0.4) is 0 Å². The van der Waals surface area contributed by atoms with Crippen LogP contribution in [0.15, 0.2) is 30.5 Å². The van der Waals surface area contributed by atoms with Gasteiger partial charge in [-0.25, -0.2) is 4.68 Å². The average Bonchev–Trinajstić information content (AvgIpc) is 3.27. The van der Waals surface area contributed by atoms with Crippen molar-refractivity contribution in [2.75, 3.05) is 19.4 Å². The summed E-state index contributed by atoms with van der Waals surface area (Å²) in [4.78, 5) is 26.5. The molecule has 2 amide bonds. The summed E-state index contributed by atoms with van der Waals surface area (Å²) in [6.07, 6.45) is 1.67. The Labute approximate surface area is 175 Å². The van der Waals surface area contributed by atoms with Gasteiger partial charge in [-0.3, -0.25) is 14.3 Å². The molecule has 0 fully saturated rings. The molecule has 9 nitrogen and oxygen atoms in total. The van der Waals surface area contributed by atoms with E-state index in [2.05, 4.69) is 15.5 Å². The molecule has 3 aromatic rings. The second kappa shape index (κ2) is 8.40. The standard InChI is InChI=1S/C21H26N6O3/c1-13-7-8-17(14(2)11-13)30-12-27-10-9-16(23-27)20(28)22-18-15(3)26(6)24-19(18)21(29)25(4)5/h7-11H,12H2,1-6H3,(H,22,28). The molecular weight excluding hydrogens is 384 g/mol. The van der Waals surface area contributed by atoms with Crippen LogP contribution in [-0.2, 0) is 13.8 Å². The van der Waals surface area contributed by atoms with E-state index in [-0.39, 0.29) is 24.0 Å². The van der Waals surface area contributed by atoms with E-state index in [1.54, 1.807) is 45.0 Å². The molecule has 2 heterocycles. The molecule has 0 spiro atoms. The Morgan fingerprint density at radius 2 is 1.87 bits per heavy atom. The number of rotatable bonds is 6. The minimum absolute atomic E-state index is 0.174. The number of aromatic nitrogens is 4. The summed E-state index contributed by atoms with van der Waals surface area (Å²) in [7, 11) is 4.99. The first kappa shape index (κ1) is 21.1. The van der Waals surface area contributed by atoms with Crippen LogP contribution in [-0.4, -0.2) is 50.4 Å². The zero-order chi connectivity index (χ0) is 22.0. The predicted octanol–water partition coefficient (Wildman–Crippen LogP) is 2.53. The molecule has 0 atom stereocenters. The normalized spacial score (nSPS) is 10.7. The molecule has 9 heteroatoms. The molecule has 0 bridgehead atoms. The van der Waals surface area contributed by atoms with Crippen molar-refractivity contribution in [2.24, 2.45) is 7.05 Å². The Morgan fingerprint density at radius 1 is 1.13 bits per heavy atom. The molecule has 3 rings (SSSR count). The van der Waals surface area contributed by atoms with Crippen molar-refractivity contribution >= 4 is 17.5 Å². The number of amides is 2. The van der Waals surface area contributed by atoms with E-state index >= 15 is 0 Å². The van der Waals surface area contributed by atoms with E-state index in [1.165, 1.54) is 9.58 Å². The van der Waals surface area contributed by atoms with Gasteiger partial charge >= 0.3 is 0 Å². The number of benzene rings is 1. The summed E-state index contributed by atoms with van der Waals surface area (Å²) in [6, 6.07) is 7.53. The maximum Gasteiger partial charge on any atom is 0.276 e. The Balaban J connectivity index is 1.72. The van der Waals surface area contributed by atoms with Gasteiger partial charge in [-0.2, -0.15) is 10.2 Å². The monoisotopic (exact) mass is 410 g/mol. The Bertz CT molecular complexity index is 1100. The number of carbonyl (C=O) groups excluding carboxylic acids is 2. The van der Waals surface area contributed by atoms with Crippen LogP contribution in [0.4, 0.5) is 5.69 Å². The Hall–Kier alpha value is -3.62. The van der Waals surface area contributed by atoms with Crippen molar-refractivity contribution in [3.8, 4) is 5.75 Å². The molecular formula is C21H26N6O3. The number of carbonyl (C=O) groups is 2. The second-order valence-corrected chi connectivity index (χ2v) is 7.37. The highest BCUT2D eigenvalue weighted by Crippen LogP contribution is 2.22. The molecule has 0 saturated heterocycles. The zero-order valence-electron chi connectivity index (χ0n) is 18.1. The summed E-state index contributed by atoms with van der Waals surface area (Å²) in [5, 5.41) is 11.3. The van der Waals surface area contributed by atoms with Gasteiger partial charge in [0.15, 0.2) is 18.1 Å². The zero-order valence-corrected chi connectivity index (χ0v) is 18.1. The molecule has 158 valence electrons. The SMILES string of the molecule is Cc1ccc(OCn2ccc(C(=O)Nc3c(C(=O)N(C)C)nn(C)c3C)n2)c(C)c1. The third-order valence-corrected chi connectivity index (χ3v) is 4.74. The molecule has 0 radical (unpaired) electrons. The van der Waals surface area contributed by atoms with Crippen LogP contribution < -0.4 is 10.1 Å². The number of ether oxygens (including phenoxy) is 1. The van der Waals surface area contributed by atoms with E-state index in [1.807, 2.05) is 32.0 Å². The third kappa shape index (κ3) is 4.35. The van der Waals surface area contributed by atoms with Gasteiger partial charge in [0.25, 0.3) is 11.8 Å². The van der Waals surface area contributed by atoms with Crippen LogP contribution in [0.2, 0.25) is 0 Å². The number of hydrogen-bond acceptors (Lipinski definition) is 5. The van der Waals surface area contributed by atoms with Crippen molar-refractivity contribution in [1.29, 1.82) is 0 Å². The lowest BCUT2D eigenvalue weighted by atomic mass is 10.1. The highest BCUT2D eigenvalue weighted by molar-refractivity contribution is 6.07. The molecule has 2 aromatic heterocycles. The first-order valence-electron chi connectivity index (χ1n) is 9.47. The highest BCUT2D eigenvalue weighted by Gasteiger charge is 2.23. The number of aryl methyl sites for hydroxylation is 3. The van der Waals surface area contributed by atoms with Crippen molar-refractivity contribution in [2.45, 2.75) is 27.5 Å². The minimum Gasteiger partial charge on any atom is -0.471 e. The van der Waals surface area contributed by atoms with Gasteiger partial charge in [0.2, 0.25) is 0 Å². The van der Waals surface area contributed by atoms with Gasteiger partial charge in [0.05, 0.1) is 11.4 Å². The average molecular weight is 410 g/mol. The lowest BCUT2D eigenvalue weighted by Gasteiger charge is -2.10. The summed E-state index contributed by atoms with van der Waals surface area (Å²) >= 11 is 0. The molecule has 1 aromatic carbocycles. The fourth-order valence-corrected chi connectivity index (χ4v) is 2.95. The largest absolute Gasteiger partial charge is 0.471 e. The first-order valence-corrected chi connectivity index (χ1v) is 9.47. The van der Waals surface area contributed by atoms with Crippen molar-refractivity contribution in [3.63, 3.8) is 0 Å². The minimum atomic E-state index is -0.427. The van der Waals surface area contributed by atoms with Gasteiger partial charge in [-0.15, -0.1) is 0 Å². The third-order valence-electron chi connectivity index (χ3n) is 4.74. The number of anilines is 1. The van der Waals surface area contributed by atoms with Gasteiger partial charge in [0.1, 0.15) is 5.75 Å². The Morgan fingerprint density at radius 3 is 2.53 bits per heavy atom. The van der Waals surface area contributed by atoms with Crippen LogP contribution in [0, 0.1) is 20.8 Å². The summed E-state index contributed by atoms with van der Waals surface area (Å²) < 4.78 is 8.89. The molecule has 0 unspecified atom stereocenters. The summed E-state index contributed by atoms with van der Waals surface area (Å²) in [5.41, 5.74) is 3.64. The smallest absolute Gasteiger partial charge is 0.276 e. The predicted molar refractivity (Wildman–Crippen MR) is 113 cm³/mol. The van der Waals surface area contributed by atoms with E-state index in [0.29, 0.717) is 11.4 Å². The van der Waals surface area contributed by atoms with Crippen molar-refractivity contribution < 1.29 is 14.3 Å². The van der Waals surface area contributed by atoms with E-state index in [4.69, 9.17) is 4.74 Å². The van der Waals surface area contributed by atoms with Gasteiger partial charge in [-0.1, -0.05) is 17.7 Å². The molecule has 1 N–H and O–H groups in total. The summed E-state index contributed by atoms with van der Waals surface area (Å²) in [5.74, 6) is 0.0468. The second-order valence-electron chi connectivity index (χ2n) is 7.37. The Kier molecular flexibility index (Phi) is 5.91. The van der Waals surface area contributed by atoms with Crippen LogP contribution >= 0.6 is 0 Å². The number of hydrogen-bond donors (Lipinski definition) is 1. The lowest BCUT2D eigenvalue weighted by Crippen LogP contribution is -2.24. The molecule has 30 heavy (non-hydrogen) atoms. The first-order chi connectivity index (χ1) is 14.2. The van der Waals surface area contributed by atoms with Crippen molar-refractivity contribution in [1.82, 2.24) is 24.5 Å². The van der Waals surface area contributed by atoms with E-state index in [0.717, 1.165) is 16.9 Å².